The van der Waals surface area contributed by atoms with Crippen LogP contribution in [0.5, 0.6) is 0 Å². The molecule has 4 heteroatoms. The largest absolute Gasteiger partial charge is 0.469 e. The predicted octanol–water partition coefficient (Wildman–Crippen LogP) is 3.28. The van der Waals surface area contributed by atoms with Gasteiger partial charge in [-0.3, -0.25) is 4.99 Å². The van der Waals surface area contributed by atoms with E-state index in [-0.39, 0.29) is 0 Å². The van der Waals surface area contributed by atoms with Gasteiger partial charge in [0.05, 0.1) is 6.26 Å². The molecule has 122 valence electrons. The lowest BCUT2D eigenvalue weighted by molar-refractivity contribution is 0.482. The Morgan fingerprint density at radius 3 is 2.87 bits per heavy atom. The third-order valence-electron chi connectivity index (χ3n) is 4.29. The first kappa shape index (κ1) is 15.7. The second kappa shape index (κ2) is 7.86. The molecule has 2 aromatic rings. The lowest BCUT2D eigenvalue weighted by atomic mass is 9.99. The minimum Gasteiger partial charge on any atom is -0.469 e. The molecule has 1 aliphatic heterocycles. The van der Waals surface area contributed by atoms with Gasteiger partial charge in [-0.05, 0) is 31.0 Å². The highest BCUT2D eigenvalue weighted by molar-refractivity contribution is 5.80. The molecule has 1 atom stereocenters. The summed E-state index contributed by atoms with van der Waals surface area (Å²) >= 11 is 0. The summed E-state index contributed by atoms with van der Waals surface area (Å²) in [5, 5.41) is 3.42. The number of nitrogens with zero attached hydrogens (tertiary/aromatic N) is 2. The minimum absolute atomic E-state index is 0.602. The number of benzene rings is 1. The van der Waals surface area contributed by atoms with Crippen molar-refractivity contribution in [2.24, 2.45) is 4.99 Å². The highest BCUT2D eigenvalue weighted by Gasteiger charge is 2.25. The van der Waals surface area contributed by atoms with Crippen molar-refractivity contribution in [3.05, 3.63) is 60.1 Å². The van der Waals surface area contributed by atoms with Crippen LogP contribution in [0.15, 0.2) is 58.1 Å². The van der Waals surface area contributed by atoms with Crippen molar-refractivity contribution in [1.82, 2.24) is 10.2 Å². The van der Waals surface area contributed by atoms with Crippen molar-refractivity contribution >= 4 is 5.96 Å². The summed E-state index contributed by atoms with van der Waals surface area (Å²) in [4.78, 5) is 7.15. The summed E-state index contributed by atoms with van der Waals surface area (Å²) in [6.07, 6.45) is 3.75. The van der Waals surface area contributed by atoms with Gasteiger partial charge in [-0.2, -0.15) is 0 Å². The maximum Gasteiger partial charge on any atom is 0.193 e. The van der Waals surface area contributed by atoms with E-state index >= 15 is 0 Å². The molecule has 0 saturated carbocycles. The number of hydrogen-bond donors (Lipinski definition) is 1. The molecule has 1 aromatic carbocycles. The molecule has 23 heavy (non-hydrogen) atoms. The fourth-order valence-electron chi connectivity index (χ4n) is 3.10. The molecule has 1 saturated heterocycles. The van der Waals surface area contributed by atoms with Crippen LogP contribution in [0.2, 0.25) is 0 Å². The summed E-state index contributed by atoms with van der Waals surface area (Å²) in [6, 6.07) is 14.7. The molecule has 0 aliphatic carbocycles. The van der Waals surface area contributed by atoms with E-state index in [0.717, 1.165) is 44.3 Å². The maximum atomic E-state index is 5.37. The fraction of sp³-hybridized carbons (Fsp3) is 0.421. The Morgan fingerprint density at radius 1 is 1.26 bits per heavy atom. The monoisotopic (exact) mass is 311 g/mol. The average molecular weight is 311 g/mol. The number of nitrogens with one attached hydrogen (secondary N) is 1. The van der Waals surface area contributed by atoms with E-state index in [0.29, 0.717) is 5.92 Å². The first-order chi connectivity index (χ1) is 11.4. The standard InChI is InChI=1S/C19H25N3O/c1-2-20-19(21-12-10-18-9-6-14-23-18)22-13-11-17(15-22)16-7-4-3-5-8-16/h3-9,14,17H,2,10-13,15H2,1H3,(H,20,21). The molecule has 1 N–H and O–H groups in total. The van der Waals surface area contributed by atoms with E-state index in [1.807, 2.05) is 12.1 Å². The number of furan rings is 1. The van der Waals surface area contributed by atoms with E-state index in [9.17, 15) is 0 Å². The van der Waals surface area contributed by atoms with Crippen LogP contribution in [0.4, 0.5) is 0 Å². The highest BCUT2D eigenvalue weighted by Crippen LogP contribution is 2.26. The Kier molecular flexibility index (Phi) is 5.35. The van der Waals surface area contributed by atoms with Gasteiger partial charge in [0.1, 0.15) is 5.76 Å². The molecule has 0 spiro atoms. The van der Waals surface area contributed by atoms with Crippen LogP contribution in [0, 0.1) is 0 Å². The first-order valence-corrected chi connectivity index (χ1v) is 8.47. The molecule has 4 nitrogen and oxygen atoms in total. The lowest BCUT2D eigenvalue weighted by Crippen LogP contribution is -2.40. The van der Waals surface area contributed by atoms with Gasteiger partial charge in [0, 0.05) is 38.5 Å². The van der Waals surface area contributed by atoms with Gasteiger partial charge in [0.15, 0.2) is 5.96 Å². The van der Waals surface area contributed by atoms with Crippen molar-refractivity contribution < 1.29 is 4.42 Å². The summed E-state index contributed by atoms with van der Waals surface area (Å²) < 4.78 is 5.37. The summed E-state index contributed by atoms with van der Waals surface area (Å²) in [7, 11) is 0. The molecule has 1 aliphatic rings. The molecule has 0 bridgehead atoms. The van der Waals surface area contributed by atoms with Gasteiger partial charge in [-0.15, -0.1) is 0 Å². The predicted molar refractivity (Wildman–Crippen MR) is 93.8 cm³/mol. The van der Waals surface area contributed by atoms with E-state index < -0.39 is 0 Å². The molecule has 2 heterocycles. The molecule has 1 unspecified atom stereocenters. The lowest BCUT2D eigenvalue weighted by Gasteiger charge is -2.21. The quantitative estimate of drug-likeness (QED) is 0.680. The molecular formula is C19H25N3O. The molecule has 0 amide bonds. The SMILES string of the molecule is CCNC(=NCCc1ccco1)N1CCC(c2ccccc2)C1. The minimum atomic E-state index is 0.602. The molecule has 0 radical (unpaired) electrons. The van der Waals surface area contributed by atoms with E-state index in [1.54, 1.807) is 6.26 Å². The zero-order valence-corrected chi connectivity index (χ0v) is 13.7. The Balaban J connectivity index is 1.60. The van der Waals surface area contributed by atoms with Crippen LogP contribution in [0.1, 0.15) is 30.6 Å². The highest BCUT2D eigenvalue weighted by atomic mass is 16.3. The van der Waals surface area contributed by atoms with Crippen molar-refractivity contribution in [3.63, 3.8) is 0 Å². The normalized spacial score (nSPS) is 18.4. The van der Waals surface area contributed by atoms with Crippen molar-refractivity contribution in [2.45, 2.75) is 25.7 Å². The summed E-state index contributed by atoms with van der Waals surface area (Å²) in [5.41, 5.74) is 1.43. The number of rotatable bonds is 5. The Morgan fingerprint density at radius 2 is 2.13 bits per heavy atom. The second-order valence-corrected chi connectivity index (χ2v) is 5.91. The fourth-order valence-corrected chi connectivity index (χ4v) is 3.10. The summed E-state index contributed by atoms with van der Waals surface area (Å²) in [6.45, 7) is 5.87. The number of hydrogen-bond acceptors (Lipinski definition) is 2. The van der Waals surface area contributed by atoms with Crippen LogP contribution in [-0.2, 0) is 6.42 Å². The topological polar surface area (TPSA) is 40.8 Å². The average Bonchev–Trinajstić information content (AvgIpc) is 3.27. The van der Waals surface area contributed by atoms with Crippen LogP contribution < -0.4 is 5.32 Å². The van der Waals surface area contributed by atoms with E-state index in [1.165, 1.54) is 12.0 Å². The summed E-state index contributed by atoms with van der Waals surface area (Å²) in [5.74, 6) is 2.62. The first-order valence-electron chi connectivity index (χ1n) is 8.47. The van der Waals surface area contributed by atoms with E-state index in [2.05, 4.69) is 47.5 Å². The van der Waals surface area contributed by atoms with Crippen molar-refractivity contribution in [3.8, 4) is 0 Å². The molecular weight excluding hydrogens is 286 g/mol. The Bertz CT molecular complexity index is 607. The number of guanidine groups is 1. The number of aliphatic imine (C=N–C) groups is 1. The zero-order valence-electron chi connectivity index (χ0n) is 13.7. The molecule has 1 aromatic heterocycles. The van der Waals surface area contributed by atoms with Gasteiger partial charge in [-0.1, -0.05) is 30.3 Å². The van der Waals surface area contributed by atoms with Gasteiger partial charge < -0.3 is 14.6 Å². The van der Waals surface area contributed by atoms with Crippen LogP contribution in [0.3, 0.4) is 0 Å². The van der Waals surface area contributed by atoms with Crippen LogP contribution >= 0.6 is 0 Å². The molecule has 3 rings (SSSR count). The van der Waals surface area contributed by atoms with Gasteiger partial charge in [0.25, 0.3) is 0 Å². The Labute approximate surface area is 138 Å². The van der Waals surface area contributed by atoms with Crippen molar-refractivity contribution in [2.75, 3.05) is 26.2 Å². The van der Waals surface area contributed by atoms with Crippen LogP contribution in [-0.4, -0.2) is 37.0 Å². The Hall–Kier alpha value is -2.23. The smallest absolute Gasteiger partial charge is 0.193 e. The third kappa shape index (κ3) is 4.15. The third-order valence-corrected chi connectivity index (χ3v) is 4.29. The van der Waals surface area contributed by atoms with Gasteiger partial charge in [0.2, 0.25) is 0 Å². The van der Waals surface area contributed by atoms with Gasteiger partial charge >= 0.3 is 0 Å². The number of likely N-dealkylation sites (tertiary alicyclic amines) is 1. The zero-order chi connectivity index (χ0) is 15.9. The van der Waals surface area contributed by atoms with E-state index in [4.69, 9.17) is 9.41 Å². The molecule has 1 fully saturated rings. The second-order valence-electron chi connectivity index (χ2n) is 5.91. The van der Waals surface area contributed by atoms with Crippen LogP contribution in [0.25, 0.3) is 0 Å². The van der Waals surface area contributed by atoms with Gasteiger partial charge in [-0.25, -0.2) is 0 Å². The maximum absolute atomic E-state index is 5.37. The van der Waals surface area contributed by atoms with Crippen molar-refractivity contribution in [1.29, 1.82) is 0 Å².